The van der Waals surface area contributed by atoms with Crippen molar-refractivity contribution in [1.29, 1.82) is 0 Å². The van der Waals surface area contributed by atoms with E-state index in [0.717, 1.165) is 23.4 Å². The highest BCUT2D eigenvalue weighted by Crippen LogP contribution is 2.17. The summed E-state index contributed by atoms with van der Waals surface area (Å²) < 4.78 is 0. The minimum atomic E-state index is -0.0440. The van der Waals surface area contributed by atoms with E-state index >= 15 is 0 Å². The molecule has 0 saturated heterocycles. The summed E-state index contributed by atoms with van der Waals surface area (Å²) in [5.74, 6) is -0.0440. The van der Waals surface area contributed by atoms with Gasteiger partial charge in [-0.15, -0.1) is 0 Å². The Balaban J connectivity index is 2.08. The predicted molar refractivity (Wildman–Crippen MR) is 87.7 cm³/mol. The molecule has 110 valence electrons. The Labute approximate surface area is 126 Å². The molecule has 0 radical (unpaired) electrons. The molecule has 1 amide bonds. The third-order valence-corrected chi connectivity index (χ3v) is 3.50. The van der Waals surface area contributed by atoms with Crippen molar-refractivity contribution >= 4 is 11.6 Å². The second kappa shape index (κ2) is 6.93. The Morgan fingerprint density at radius 2 is 1.86 bits per heavy atom. The van der Waals surface area contributed by atoms with E-state index in [0.29, 0.717) is 5.56 Å². The minimum absolute atomic E-state index is 0.00699. The molecule has 3 heteroatoms. The van der Waals surface area contributed by atoms with Gasteiger partial charge in [-0.2, -0.15) is 0 Å². The fraction of sp³-hybridized carbons (Fsp3) is 0.278. The van der Waals surface area contributed by atoms with Gasteiger partial charge in [0.2, 0.25) is 0 Å². The largest absolute Gasteiger partial charge is 0.385 e. The lowest BCUT2D eigenvalue weighted by Gasteiger charge is -2.15. The van der Waals surface area contributed by atoms with E-state index in [1.165, 1.54) is 0 Å². The van der Waals surface area contributed by atoms with Gasteiger partial charge in [-0.25, -0.2) is 0 Å². The number of hydrogen-bond donors (Lipinski definition) is 2. The van der Waals surface area contributed by atoms with Crippen molar-refractivity contribution in [3.8, 4) is 0 Å². The normalized spacial score (nSPS) is 11.8. The maximum atomic E-state index is 12.3. The van der Waals surface area contributed by atoms with Gasteiger partial charge in [0.1, 0.15) is 0 Å². The van der Waals surface area contributed by atoms with E-state index in [-0.39, 0.29) is 11.9 Å². The van der Waals surface area contributed by atoms with Crippen LogP contribution >= 0.6 is 0 Å². The average Bonchev–Trinajstić information content (AvgIpc) is 2.50. The van der Waals surface area contributed by atoms with Crippen molar-refractivity contribution in [2.45, 2.75) is 26.8 Å². The third kappa shape index (κ3) is 3.85. The number of rotatable bonds is 5. The summed E-state index contributed by atoms with van der Waals surface area (Å²) in [6.45, 7) is 6.93. The van der Waals surface area contributed by atoms with Gasteiger partial charge in [0.25, 0.3) is 5.91 Å². The van der Waals surface area contributed by atoms with Gasteiger partial charge in [0, 0.05) is 17.8 Å². The first-order valence-corrected chi connectivity index (χ1v) is 7.32. The predicted octanol–water partition coefficient (Wildman–Crippen LogP) is 3.92. The summed E-state index contributed by atoms with van der Waals surface area (Å²) in [6.07, 6.45) is 0. The first-order chi connectivity index (χ1) is 10.1. The van der Waals surface area contributed by atoms with Crippen LogP contribution in [-0.4, -0.2) is 12.5 Å². The van der Waals surface area contributed by atoms with Crippen LogP contribution < -0.4 is 10.6 Å². The molecule has 0 bridgehead atoms. The molecule has 2 rings (SSSR count). The van der Waals surface area contributed by atoms with E-state index in [2.05, 4.69) is 17.6 Å². The molecule has 2 aromatic carbocycles. The third-order valence-electron chi connectivity index (χ3n) is 3.50. The molecule has 0 aliphatic heterocycles. The van der Waals surface area contributed by atoms with Crippen LogP contribution in [0.4, 0.5) is 5.69 Å². The Morgan fingerprint density at radius 1 is 1.14 bits per heavy atom. The standard InChI is InChI=1S/C18H22N2O/c1-4-19-17-11-10-16(12-13(17)2)18(21)20-14(3)15-8-6-5-7-9-15/h5-12,14,19H,4H2,1-3H3,(H,20,21). The Kier molecular flexibility index (Phi) is 4.99. The molecule has 3 nitrogen and oxygen atoms in total. The summed E-state index contributed by atoms with van der Waals surface area (Å²) in [5, 5.41) is 6.31. The molecule has 0 spiro atoms. The lowest BCUT2D eigenvalue weighted by molar-refractivity contribution is 0.0940. The zero-order valence-electron chi connectivity index (χ0n) is 12.8. The molecule has 1 unspecified atom stereocenters. The van der Waals surface area contributed by atoms with Crippen molar-refractivity contribution < 1.29 is 4.79 Å². The van der Waals surface area contributed by atoms with Crippen LogP contribution in [0, 0.1) is 6.92 Å². The van der Waals surface area contributed by atoms with Crippen LogP contribution in [0.5, 0.6) is 0 Å². The number of amides is 1. The summed E-state index contributed by atoms with van der Waals surface area (Å²) in [5.41, 5.74) is 3.95. The molecule has 0 aromatic heterocycles. The van der Waals surface area contributed by atoms with Gasteiger partial charge in [-0.1, -0.05) is 30.3 Å². The summed E-state index contributed by atoms with van der Waals surface area (Å²) in [7, 11) is 0. The zero-order chi connectivity index (χ0) is 15.2. The number of benzene rings is 2. The van der Waals surface area contributed by atoms with E-state index in [1.54, 1.807) is 0 Å². The van der Waals surface area contributed by atoms with E-state index in [9.17, 15) is 4.79 Å². The molecule has 2 N–H and O–H groups in total. The monoisotopic (exact) mass is 282 g/mol. The highest BCUT2D eigenvalue weighted by molar-refractivity contribution is 5.95. The quantitative estimate of drug-likeness (QED) is 0.872. The Hall–Kier alpha value is -2.29. The smallest absolute Gasteiger partial charge is 0.251 e. The van der Waals surface area contributed by atoms with E-state index in [1.807, 2.05) is 62.4 Å². The van der Waals surface area contributed by atoms with Crippen LogP contribution in [0.2, 0.25) is 0 Å². The van der Waals surface area contributed by atoms with E-state index < -0.39 is 0 Å². The summed E-state index contributed by atoms with van der Waals surface area (Å²) in [6, 6.07) is 15.7. The van der Waals surface area contributed by atoms with Crippen molar-refractivity contribution in [3.63, 3.8) is 0 Å². The first kappa shape index (κ1) is 15.1. The number of aryl methyl sites for hydroxylation is 1. The fourth-order valence-corrected chi connectivity index (χ4v) is 2.30. The van der Waals surface area contributed by atoms with Gasteiger partial charge in [0.05, 0.1) is 6.04 Å². The molecule has 21 heavy (non-hydrogen) atoms. The van der Waals surface area contributed by atoms with Gasteiger partial charge in [-0.3, -0.25) is 4.79 Å². The molecule has 0 aliphatic carbocycles. The number of nitrogens with one attached hydrogen (secondary N) is 2. The average molecular weight is 282 g/mol. The van der Waals surface area contributed by atoms with Crippen molar-refractivity contribution in [2.75, 3.05) is 11.9 Å². The zero-order valence-corrected chi connectivity index (χ0v) is 12.8. The van der Waals surface area contributed by atoms with Crippen LogP contribution in [0.1, 0.15) is 41.4 Å². The highest BCUT2D eigenvalue weighted by atomic mass is 16.1. The maximum Gasteiger partial charge on any atom is 0.251 e. The molecule has 0 aliphatic rings. The Morgan fingerprint density at radius 3 is 2.48 bits per heavy atom. The number of carbonyl (C=O) groups excluding carboxylic acids is 1. The second-order valence-corrected chi connectivity index (χ2v) is 5.17. The molecular formula is C18H22N2O. The van der Waals surface area contributed by atoms with Crippen LogP contribution in [-0.2, 0) is 0 Å². The number of anilines is 1. The molecule has 0 saturated carbocycles. The minimum Gasteiger partial charge on any atom is -0.385 e. The van der Waals surface area contributed by atoms with Gasteiger partial charge >= 0.3 is 0 Å². The SMILES string of the molecule is CCNc1ccc(C(=O)NC(C)c2ccccc2)cc1C. The molecule has 2 aromatic rings. The maximum absolute atomic E-state index is 12.3. The van der Waals surface area contributed by atoms with Crippen LogP contribution in [0.25, 0.3) is 0 Å². The van der Waals surface area contributed by atoms with Gasteiger partial charge < -0.3 is 10.6 Å². The lowest BCUT2D eigenvalue weighted by Crippen LogP contribution is -2.26. The highest BCUT2D eigenvalue weighted by Gasteiger charge is 2.12. The van der Waals surface area contributed by atoms with Crippen LogP contribution in [0.3, 0.4) is 0 Å². The van der Waals surface area contributed by atoms with Gasteiger partial charge in [-0.05, 0) is 50.1 Å². The van der Waals surface area contributed by atoms with Crippen molar-refractivity contribution in [3.05, 3.63) is 65.2 Å². The van der Waals surface area contributed by atoms with Crippen molar-refractivity contribution in [1.82, 2.24) is 5.32 Å². The fourth-order valence-electron chi connectivity index (χ4n) is 2.30. The Bertz CT molecular complexity index is 608. The summed E-state index contributed by atoms with van der Waals surface area (Å²) >= 11 is 0. The van der Waals surface area contributed by atoms with Crippen molar-refractivity contribution in [2.24, 2.45) is 0 Å². The molecule has 1 atom stereocenters. The van der Waals surface area contributed by atoms with Crippen LogP contribution in [0.15, 0.2) is 48.5 Å². The summed E-state index contributed by atoms with van der Waals surface area (Å²) in [4.78, 5) is 12.3. The molecule has 0 fully saturated rings. The molecular weight excluding hydrogens is 260 g/mol. The molecule has 0 heterocycles. The van der Waals surface area contributed by atoms with Gasteiger partial charge in [0.15, 0.2) is 0 Å². The lowest BCUT2D eigenvalue weighted by atomic mass is 10.1. The second-order valence-electron chi connectivity index (χ2n) is 5.17. The topological polar surface area (TPSA) is 41.1 Å². The number of hydrogen-bond acceptors (Lipinski definition) is 2. The first-order valence-electron chi connectivity index (χ1n) is 7.32. The number of carbonyl (C=O) groups is 1. The van der Waals surface area contributed by atoms with E-state index in [4.69, 9.17) is 0 Å².